The van der Waals surface area contributed by atoms with E-state index in [2.05, 4.69) is 24.5 Å². The Bertz CT molecular complexity index is 1070. The normalized spacial score (nSPS) is 12.4. The molecular formula is C27H28NNaO3S. The van der Waals surface area contributed by atoms with Crippen molar-refractivity contribution in [3.63, 3.8) is 0 Å². The van der Waals surface area contributed by atoms with Gasteiger partial charge in [0.2, 0.25) is 0 Å². The summed E-state index contributed by atoms with van der Waals surface area (Å²) < 4.78 is 0. The summed E-state index contributed by atoms with van der Waals surface area (Å²) in [4.78, 5) is 24.4. The van der Waals surface area contributed by atoms with E-state index in [9.17, 15) is 14.7 Å². The number of aryl methyl sites for hydroxylation is 1. The number of carboxylic acids is 1. The van der Waals surface area contributed by atoms with Gasteiger partial charge in [0.05, 0.1) is 12.0 Å². The maximum Gasteiger partial charge on any atom is 1.00 e. The van der Waals surface area contributed by atoms with Crippen LogP contribution in [0, 0.1) is 6.92 Å². The van der Waals surface area contributed by atoms with Crippen LogP contribution < -0.4 is 40.0 Å². The Morgan fingerprint density at radius 2 is 1.91 bits per heavy atom. The van der Waals surface area contributed by atoms with Gasteiger partial charge < -0.3 is 15.2 Å². The minimum absolute atomic E-state index is 0. The Kier molecular flexibility index (Phi) is 12.8. The molecule has 1 amide bonds. The summed E-state index contributed by atoms with van der Waals surface area (Å²) in [6.45, 7) is 7.75. The average molecular weight is 470 g/mol. The van der Waals surface area contributed by atoms with E-state index in [0.717, 1.165) is 27.8 Å². The average Bonchev–Trinajstić information content (AvgIpc) is 2.79. The maximum absolute atomic E-state index is 13.0. The number of hydrogen-bond donors (Lipinski definition) is 2. The van der Waals surface area contributed by atoms with Crippen LogP contribution in [0.2, 0.25) is 0 Å². The van der Waals surface area contributed by atoms with Crippen molar-refractivity contribution in [3.8, 4) is 11.1 Å². The third-order valence-electron chi connectivity index (χ3n) is 4.92. The molecule has 2 rings (SSSR count). The summed E-state index contributed by atoms with van der Waals surface area (Å²) in [7, 11) is 0. The van der Waals surface area contributed by atoms with Crippen molar-refractivity contribution in [2.75, 3.05) is 5.75 Å². The molecule has 33 heavy (non-hydrogen) atoms. The summed E-state index contributed by atoms with van der Waals surface area (Å²) in [5.41, 5.74) is 4.89. The predicted octanol–water partition coefficient (Wildman–Crippen LogP) is 1.54. The molecule has 0 radical (unpaired) electrons. The number of carboxylic acid groups (broad SMARTS) is 1. The van der Waals surface area contributed by atoms with E-state index < -0.39 is 17.9 Å². The number of nitrogens with one attached hydrogen (secondary N) is 1. The van der Waals surface area contributed by atoms with Crippen LogP contribution in [0.5, 0.6) is 0 Å². The largest absolute Gasteiger partial charge is 1.00 e. The molecule has 2 aromatic carbocycles. The topological polar surface area (TPSA) is 69.2 Å². The first-order chi connectivity index (χ1) is 15.4. The van der Waals surface area contributed by atoms with Gasteiger partial charge in [-0.25, -0.2) is 0 Å². The van der Waals surface area contributed by atoms with Crippen molar-refractivity contribution in [1.29, 1.82) is 0 Å². The first-order valence-electron chi connectivity index (χ1n) is 10.4. The third kappa shape index (κ3) is 8.52. The summed E-state index contributed by atoms with van der Waals surface area (Å²) in [5.74, 6) is -1.47. The van der Waals surface area contributed by atoms with Crippen molar-refractivity contribution in [3.05, 3.63) is 102 Å². The number of aliphatic carboxylic acids is 1. The van der Waals surface area contributed by atoms with Gasteiger partial charge >= 0.3 is 29.6 Å². The molecule has 0 saturated heterocycles. The molecule has 0 aliphatic carbocycles. The number of carbonyl (C=O) groups excluding carboxylic acids is 2. The summed E-state index contributed by atoms with van der Waals surface area (Å²) in [5, 5.41) is 14.0. The summed E-state index contributed by atoms with van der Waals surface area (Å²) in [6.07, 6.45) is 11.7. The van der Waals surface area contributed by atoms with E-state index in [1.165, 1.54) is 0 Å². The van der Waals surface area contributed by atoms with Gasteiger partial charge in [-0.05, 0) is 66.0 Å². The van der Waals surface area contributed by atoms with Crippen molar-refractivity contribution in [2.45, 2.75) is 26.3 Å². The minimum Gasteiger partial charge on any atom is -0.548 e. The number of amides is 1. The molecule has 2 aromatic rings. The molecular weight excluding hydrogens is 441 g/mol. The standard InChI is InChI=1S/C27H29NO3S.Na/c1-4-6-10-20(5-2)12-13-21-14-15-23(26(29)28-25(16-17-32)27(30)31)24(18-21)22-11-8-7-9-19(22)3;/h4-15,18,25,32H,2,16-17H2,1,3H3,(H,28,29)(H,30,31);/q;+1/p-1/b6-4-,13-12+,20-10+;. The smallest absolute Gasteiger partial charge is 0.548 e. The fraction of sp³-hybridized carbons (Fsp3) is 0.185. The Balaban J connectivity index is 0.00000544. The zero-order valence-electron chi connectivity index (χ0n) is 19.4. The fourth-order valence-corrected chi connectivity index (χ4v) is 3.43. The van der Waals surface area contributed by atoms with E-state index in [0.29, 0.717) is 11.3 Å². The zero-order valence-corrected chi connectivity index (χ0v) is 22.3. The second kappa shape index (κ2) is 14.8. The van der Waals surface area contributed by atoms with Gasteiger partial charge in [0, 0.05) is 5.56 Å². The molecule has 0 aliphatic rings. The van der Waals surface area contributed by atoms with Crippen LogP contribution in [0.4, 0.5) is 0 Å². The first-order valence-corrected chi connectivity index (χ1v) is 11.0. The van der Waals surface area contributed by atoms with Crippen molar-refractivity contribution in [1.82, 2.24) is 5.32 Å². The van der Waals surface area contributed by atoms with Gasteiger partial charge in [-0.3, -0.25) is 4.79 Å². The van der Waals surface area contributed by atoms with Crippen LogP contribution in [0.15, 0.2) is 85.0 Å². The van der Waals surface area contributed by atoms with Crippen LogP contribution in [0.1, 0.15) is 34.8 Å². The van der Waals surface area contributed by atoms with Crippen LogP contribution in [-0.4, -0.2) is 23.7 Å². The van der Waals surface area contributed by atoms with Gasteiger partial charge in [-0.2, -0.15) is 12.6 Å². The molecule has 0 spiro atoms. The van der Waals surface area contributed by atoms with Crippen LogP contribution >= 0.6 is 12.6 Å². The zero-order chi connectivity index (χ0) is 23.5. The predicted molar refractivity (Wildman–Crippen MR) is 133 cm³/mol. The number of allylic oxidation sites excluding steroid dienone is 6. The Labute approximate surface area is 223 Å². The Morgan fingerprint density at radius 3 is 2.52 bits per heavy atom. The molecule has 1 N–H and O–H groups in total. The van der Waals surface area contributed by atoms with Gasteiger partial charge in [-0.15, -0.1) is 0 Å². The molecule has 6 heteroatoms. The van der Waals surface area contributed by atoms with E-state index in [1.807, 2.05) is 80.6 Å². The number of rotatable bonds is 10. The summed E-state index contributed by atoms with van der Waals surface area (Å²) in [6, 6.07) is 12.1. The molecule has 166 valence electrons. The molecule has 0 heterocycles. The van der Waals surface area contributed by atoms with E-state index in [-0.39, 0.29) is 36.0 Å². The van der Waals surface area contributed by atoms with Gasteiger partial charge in [0.1, 0.15) is 0 Å². The monoisotopic (exact) mass is 469 g/mol. The quantitative estimate of drug-likeness (QED) is 0.315. The van der Waals surface area contributed by atoms with Crippen molar-refractivity contribution < 1.29 is 44.3 Å². The molecule has 0 bridgehead atoms. The molecule has 1 atom stereocenters. The Hall–Kier alpha value is -2.31. The number of benzene rings is 2. The number of thiol groups is 1. The van der Waals surface area contributed by atoms with Gasteiger partial charge in [0.25, 0.3) is 5.91 Å². The molecule has 0 fully saturated rings. The second-order valence-electron chi connectivity index (χ2n) is 7.21. The van der Waals surface area contributed by atoms with Crippen molar-refractivity contribution >= 4 is 30.6 Å². The molecule has 0 aromatic heterocycles. The minimum atomic E-state index is -1.32. The molecule has 4 nitrogen and oxygen atoms in total. The van der Waals surface area contributed by atoms with E-state index in [4.69, 9.17) is 0 Å². The SMILES string of the molecule is C=CC(/C=C/c1ccc(C(=O)NC(CCS)C(=O)[O-])c(-c2ccccc2C)c1)=C\C=C/C.[Na+]. The van der Waals surface area contributed by atoms with E-state index >= 15 is 0 Å². The maximum atomic E-state index is 13.0. The van der Waals surface area contributed by atoms with Gasteiger partial charge in [0.15, 0.2) is 0 Å². The Morgan fingerprint density at radius 1 is 1.18 bits per heavy atom. The molecule has 0 aliphatic heterocycles. The number of hydrogen-bond acceptors (Lipinski definition) is 4. The number of carbonyl (C=O) groups is 2. The second-order valence-corrected chi connectivity index (χ2v) is 7.65. The van der Waals surface area contributed by atoms with Crippen LogP contribution in [0.25, 0.3) is 17.2 Å². The van der Waals surface area contributed by atoms with Crippen LogP contribution in [0.3, 0.4) is 0 Å². The third-order valence-corrected chi connectivity index (χ3v) is 5.17. The van der Waals surface area contributed by atoms with Crippen LogP contribution in [-0.2, 0) is 4.79 Å². The van der Waals surface area contributed by atoms with Crippen molar-refractivity contribution in [2.24, 2.45) is 0 Å². The molecule has 1 unspecified atom stereocenters. The van der Waals surface area contributed by atoms with Gasteiger partial charge in [-0.1, -0.05) is 73.4 Å². The summed E-state index contributed by atoms with van der Waals surface area (Å²) >= 11 is 4.07. The fourth-order valence-electron chi connectivity index (χ4n) is 3.17. The first kappa shape index (κ1) is 28.7. The van der Waals surface area contributed by atoms with E-state index in [1.54, 1.807) is 12.1 Å². The molecule has 0 saturated carbocycles.